The predicted octanol–water partition coefficient (Wildman–Crippen LogP) is 4.91. The number of thiazole rings is 1. The van der Waals surface area contributed by atoms with Gasteiger partial charge in [-0.05, 0) is 50.2 Å². The minimum absolute atomic E-state index is 0.0167. The van der Waals surface area contributed by atoms with E-state index in [0.29, 0.717) is 28.8 Å². The highest BCUT2D eigenvalue weighted by atomic mass is 32.2. The van der Waals surface area contributed by atoms with E-state index in [4.69, 9.17) is 9.47 Å². The molecule has 1 heterocycles. The van der Waals surface area contributed by atoms with Crippen LogP contribution in [-0.2, 0) is 16.1 Å². The first-order valence-corrected chi connectivity index (χ1v) is 11.9. The van der Waals surface area contributed by atoms with Crippen LogP contribution in [0.25, 0.3) is 10.2 Å². The second kappa shape index (κ2) is 10.6. The number of thioether (sulfide) groups is 1. The van der Waals surface area contributed by atoms with Crippen molar-refractivity contribution in [1.29, 1.82) is 0 Å². The molecular weight excluding hydrogens is 432 g/mol. The zero-order chi connectivity index (χ0) is 22.4. The second-order valence-corrected chi connectivity index (χ2v) is 9.61. The molecule has 0 unspecified atom stereocenters. The number of esters is 1. The first-order chi connectivity index (χ1) is 14.9. The van der Waals surface area contributed by atoms with E-state index in [2.05, 4.69) is 18.8 Å². The molecular formula is C23H26N2O4S2. The van der Waals surface area contributed by atoms with Crippen molar-refractivity contribution >= 4 is 45.2 Å². The van der Waals surface area contributed by atoms with Crippen molar-refractivity contribution in [3.05, 3.63) is 52.8 Å². The van der Waals surface area contributed by atoms with Gasteiger partial charge in [0.2, 0.25) is 0 Å². The van der Waals surface area contributed by atoms with Crippen LogP contribution >= 0.6 is 23.1 Å². The van der Waals surface area contributed by atoms with Gasteiger partial charge in [0.05, 0.1) is 23.4 Å². The van der Waals surface area contributed by atoms with Gasteiger partial charge in [-0.1, -0.05) is 31.3 Å². The zero-order valence-electron chi connectivity index (χ0n) is 18.1. The van der Waals surface area contributed by atoms with Gasteiger partial charge in [-0.15, -0.1) is 11.8 Å². The highest BCUT2D eigenvalue weighted by Gasteiger charge is 2.14. The van der Waals surface area contributed by atoms with E-state index in [1.165, 1.54) is 11.3 Å². The van der Waals surface area contributed by atoms with Crippen LogP contribution in [0.1, 0.15) is 38.1 Å². The highest BCUT2D eigenvalue weighted by Crippen LogP contribution is 2.25. The van der Waals surface area contributed by atoms with Gasteiger partial charge in [0.25, 0.3) is 5.91 Å². The molecule has 3 rings (SSSR count). The lowest BCUT2D eigenvalue weighted by molar-refractivity contribution is -0.143. The number of ether oxygens (including phenoxy) is 2. The Morgan fingerprint density at radius 1 is 1.13 bits per heavy atom. The number of carbonyl (C=O) groups is 2. The molecule has 1 amide bonds. The van der Waals surface area contributed by atoms with Gasteiger partial charge in [-0.25, -0.2) is 0 Å². The second-order valence-electron chi connectivity index (χ2n) is 6.95. The summed E-state index contributed by atoms with van der Waals surface area (Å²) >= 11 is 3.04. The average molecular weight is 459 g/mol. The summed E-state index contributed by atoms with van der Waals surface area (Å²) in [5, 5.41) is 0.413. The number of hydrogen-bond acceptors (Lipinski definition) is 6. The van der Waals surface area contributed by atoms with Crippen molar-refractivity contribution in [3.63, 3.8) is 0 Å². The lowest BCUT2D eigenvalue weighted by Gasteiger charge is -2.07. The molecule has 0 N–H and O–H groups in total. The topological polar surface area (TPSA) is 69.9 Å². The molecule has 164 valence electrons. The van der Waals surface area contributed by atoms with Gasteiger partial charge in [0, 0.05) is 15.7 Å². The molecule has 0 fully saturated rings. The Balaban J connectivity index is 2.05. The summed E-state index contributed by atoms with van der Waals surface area (Å²) in [7, 11) is 0. The molecule has 2 aromatic carbocycles. The maximum atomic E-state index is 12.9. The molecule has 31 heavy (non-hydrogen) atoms. The number of carbonyl (C=O) groups excluding carboxylic acids is 2. The van der Waals surface area contributed by atoms with E-state index in [1.54, 1.807) is 29.3 Å². The molecule has 6 nitrogen and oxygen atoms in total. The van der Waals surface area contributed by atoms with Gasteiger partial charge in [0.15, 0.2) is 4.80 Å². The molecule has 3 aromatic rings. The third-order valence-corrected chi connectivity index (χ3v) is 6.25. The Morgan fingerprint density at radius 2 is 1.94 bits per heavy atom. The summed E-state index contributed by atoms with van der Waals surface area (Å²) in [5.74, 6) is 0.0107. The Kier molecular flexibility index (Phi) is 7.92. The van der Waals surface area contributed by atoms with Gasteiger partial charge in [-0.2, -0.15) is 4.99 Å². The van der Waals surface area contributed by atoms with Crippen LogP contribution in [0, 0.1) is 0 Å². The third-order valence-electron chi connectivity index (χ3n) is 4.21. The Labute approximate surface area is 189 Å². The van der Waals surface area contributed by atoms with Crippen molar-refractivity contribution in [3.8, 4) is 5.75 Å². The molecule has 8 heteroatoms. The maximum Gasteiger partial charge on any atom is 0.326 e. The SMILES string of the molecule is CCOC(=O)Cn1c(=NC(=O)c2cccc(SC(C)C)c2)sc2cc(OCC)ccc21. The van der Waals surface area contributed by atoms with Crippen LogP contribution in [0.3, 0.4) is 0 Å². The lowest BCUT2D eigenvalue weighted by Crippen LogP contribution is -2.23. The molecule has 0 saturated heterocycles. The number of hydrogen-bond donors (Lipinski definition) is 0. The molecule has 0 aliphatic heterocycles. The maximum absolute atomic E-state index is 12.9. The van der Waals surface area contributed by atoms with Crippen molar-refractivity contribution < 1.29 is 19.1 Å². The number of fused-ring (bicyclic) bond motifs is 1. The molecule has 1 aromatic heterocycles. The van der Waals surface area contributed by atoms with E-state index >= 15 is 0 Å². The number of benzene rings is 2. The fourth-order valence-electron chi connectivity index (χ4n) is 3.01. The summed E-state index contributed by atoms with van der Waals surface area (Å²) in [4.78, 5) is 31.0. The number of rotatable bonds is 8. The average Bonchev–Trinajstić information content (AvgIpc) is 3.04. The van der Waals surface area contributed by atoms with E-state index in [0.717, 1.165) is 20.9 Å². The predicted molar refractivity (Wildman–Crippen MR) is 125 cm³/mol. The van der Waals surface area contributed by atoms with Crippen LogP contribution in [0.2, 0.25) is 0 Å². The molecule has 0 bridgehead atoms. The Morgan fingerprint density at radius 3 is 2.65 bits per heavy atom. The fraction of sp³-hybridized carbons (Fsp3) is 0.348. The minimum Gasteiger partial charge on any atom is -0.494 e. The number of amides is 1. The first kappa shape index (κ1) is 23.1. The molecule has 0 aliphatic carbocycles. The van der Waals surface area contributed by atoms with Crippen LogP contribution in [0.15, 0.2) is 52.4 Å². The quantitative estimate of drug-likeness (QED) is 0.354. The fourth-order valence-corrected chi connectivity index (χ4v) is 4.96. The van der Waals surface area contributed by atoms with Crippen molar-refractivity contribution in [2.45, 2.75) is 44.4 Å². The molecule has 0 radical (unpaired) electrons. The summed E-state index contributed by atoms with van der Waals surface area (Å²) < 4.78 is 13.3. The van der Waals surface area contributed by atoms with E-state index in [-0.39, 0.29) is 18.4 Å². The van der Waals surface area contributed by atoms with Gasteiger partial charge in [-0.3, -0.25) is 9.59 Å². The number of aromatic nitrogens is 1. The van der Waals surface area contributed by atoms with Crippen LogP contribution in [-0.4, -0.2) is 34.9 Å². The van der Waals surface area contributed by atoms with Crippen molar-refractivity contribution in [1.82, 2.24) is 4.57 Å². The van der Waals surface area contributed by atoms with Gasteiger partial charge < -0.3 is 14.0 Å². The van der Waals surface area contributed by atoms with E-state index < -0.39 is 0 Å². The van der Waals surface area contributed by atoms with Gasteiger partial charge in [0.1, 0.15) is 12.3 Å². The largest absolute Gasteiger partial charge is 0.494 e. The normalized spacial score (nSPS) is 11.8. The van der Waals surface area contributed by atoms with Crippen LogP contribution < -0.4 is 9.54 Å². The smallest absolute Gasteiger partial charge is 0.326 e. The minimum atomic E-state index is -0.375. The first-order valence-electron chi connectivity index (χ1n) is 10.2. The number of nitrogens with zero attached hydrogens (tertiary/aromatic N) is 2. The molecule has 0 aliphatic rings. The van der Waals surface area contributed by atoms with E-state index in [1.807, 2.05) is 43.3 Å². The molecule has 0 atom stereocenters. The monoisotopic (exact) mass is 458 g/mol. The Bertz CT molecular complexity index is 1150. The van der Waals surface area contributed by atoms with Crippen molar-refractivity contribution in [2.24, 2.45) is 4.99 Å². The van der Waals surface area contributed by atoms with E-state index in [9.17, 15) is 9.59 Å². The van der Waals surface area contributed by atoms with Crippen LogP contribution in [0.4, 0.5) is 0 Å². The zero-order valence-corrected chi connectivity index (χ0v) is 19.7. The molecule has 0 spiro atoms. The van der Waals surface area contributed by atoms with Crippen molar-refractivity contribution in [2.75, 3.05) is 13.2 Å². The summed E-state index contributed by atoms with van der Waals surface area (Å²) in [5.41, 5.74) is 1.32. The van der Waals surface area contributed by atoms with Crippen LogP contribution in [0.5, 0.6) is 5.75 Å². The summed E-state index contributed by atoms with van der Waals surface area (Å²) in [6, 6.07) is 13.1. The standard InChI is InChI=1S/C23H26N2O4S2/c1-5-28-17-10-11-19-20(13-17)31-23(25(19)14-21(26)29-6-2)24-22(27)16-8-7-9-18(12-16)30-15(3)4/h7-13,15H,5-6,14H2,1-4H3. The summed E-state index contributed by atoms with van der Waals surface area (Å²) in [6.45, 7) is 8.73. The Hall–Kier alpha value is -2.58. The lowest BCUT2D eigenvalue weighted by atomic mass is 10.2. The highest BCUT2D eigenvalue weighted by molar-refractivity contribution is 7.99. The van der Waals surface area contributed by atoms with Gasteiger partial charge >= 0.3 is 5.97 Å². The summed E-state index contributed by atoms with van der Waals surface area (Å²) in [6.07, 6.45) is 0. The molecule has 0 saturated carbocycles. The third kappa shape index (κ3) is 5.98.